The molecule has 18 heavy (non-hydrogen) atoms. The molecule has 1 unspecified atom stereocenters. The highest BCUT2D eigenvalue weighted by Crippen LogP contribution is 2.23. The van der Waals surface area contributed by atoms with E-state index in [2.05, 4.69) is 21.2 Å². The van der Waals surface area contributed by atoms with Gasteiger partial charge >= 0.3 is 0 Å². The Kier molecular flexibility index (Phi) is 4.64. The molecule has 2 rings (SSSR count). The SMILES string of the molecule is O=S1(=O)CCC(NCCOc2ccccc2Br)C1. The second-order valence-corrected chi connectivity index (χ2v) is 7.42. The predicted molar refractivity (Wildman–Crippen MR) is 74.7 cm³/mol. The molecule has 4 nitrogen and oxygen atoms in total. The van der Waals surface area contributed by atoms with Crippen LogP contribution >= 0.6 is 15.9 Å². The van der Waals surface area contributed by atoms with Crippen LogP contribution in [0.15, 0.2) is 28.7 Å². The van der Waals surface area contributed by atoms with Crippen LogP contribution in [0.25, 0.3) is 0 Å². The Hall–Kier alpha value is -0.590. The number of hydrogen-bond acceptors (Lipinski definition) is 4. The van der Waals surface area contributed by atoms with Crippen LogP contribution in [0.1, 0.15) is 6.42 Å². The molecule has 1 heterocycles. The van der Waals surface area contributed by atoms with Crippen molar-refractivity contribution in [3.8, 4) is 5.75 Å². The van der Waals surface area contributed by atoms with Gasteiger partial charge in [-0.1, -0.05) is 12.1 Å². The Bertz CT molecular complexity index is 504. The Morgan fingerprint density at radius 3 is 2.83 bits per heavy atom. The summed E-state index contributed by atoms with van der Waals surface area (Å²) in [4.78, 5) is 0. The molecule has 1 aliphatic rings. The first kappa shape index (κ1) is 13.8. The number of halogens is 1. The van der Waals surface area contributed by atoms with Crippen LogP contribution in [0.5, 0.6) is 5.75 Å². The molecule has 1 saturated heterocycles. The topological polar surface area (TPSA) is 55.4 Å². The minimum absolute atomic E-state index is 0.0813. The molecule has 0 bridgehead atoms. The summed E-state index contributed by atoms with van der Waals surface area (Å²) in [6.45, 7) is 1.18. The minimum atomic E-state index is -2.80. The van der Waals surface area contributed by atoms with E-state index in [4.69, 9.17) is 4.74 Å². The monoisotopic (exact) mass is 333 g/mol. The molecule has 0 spiro atoms. The lowest BCUT2D eigenvalue weighted by Gasteiger charge is -2.12. The zero-order valence-electron chi connectivity index (χ0n) is 9.93. The minimum Gasteiger partial charge on any atom is -0.491 e. The van der Waals surface area contributed by atoms with E-state index in [0.717, 1.165) is 10.2 Å². The molecule has 0 aliphatic carbocycles. The molecule has 1 fully saturated rings. The second kappa shape index (κ2) is 6.04. The number of benzene rings is 1. The largest absolute Gasteiger partial charge is 0.491 e. The molecule has 6 heteroatoms. The first-order chi connectivity index (χ1) is 8.57. The second-order valence-electron chi connectivity index (χ2n) is 4.33. The summed E-state index contributed by atoms with van der Waals surface area (Å²) in [5.41, 5.74) is 0. The average Bonchev–Trinajstić information content (AvgIpc) is 2.67. The third-order valence-electron chi connectivity index (χ3n) is 2.86. The van der Waals surface area contributed by atoms with Crippen LogP contribution in [-0.2, 0) is 9.84 Å². The Labute approximate surface area is 116 Å². The predicted octanol–water partition coefficient (Wildman–Crippen LogP) is 1.60. The third-order valence-corrected chi connectivity index (χ3v) is 5.28. The molecule has 1 N–H and O–H groups in total. The van der Waals surface area contributed by atoms with Gasteiger partial charge in [0.15, 0.2) is 9.84 Å². The molecule has 1 aliphatic heterocycles. The molecule has 1 aromatic carbocycles. The van der Waals surface area contributed by atoms with Gasteiger partial charge in [0.25, 0.3) is 0 Å². The summed E-state index contributed by atoms with van der Waals surface area (Å²) in [7, 11) is -2.80. The number of nitrogens with one attached hydrogen (secondary N) is 1. The fourth-order valence-electron chi connectivity index (χ4n) is 1.94. The van der Waals surface area contributed by atoms with Crippen molar-refractivity contribution < 1.29 is 13.2 Å². The van der Waals surface area contributed by atoms with E-state index in [-0.39, 0.29) is 11.8 Å². The molecular formula is C12H16BrNO3S. The van der Waals surface area contributed by atoms with Crippen molar-refractivity contribution in [3.63, 3.8) is 0 Å². The van der Waals surface area contributed by atoms with E-state index in [1.807, 2.05) is 24.3 Å². The van der Waals surface area contributed by atoms with Gasteiger partial charge in [0, 0.05) is 12.6 Å². The Balaban J connectivity index is 1.70. The van der Waals surface area contributed by atoms with E-state index in [1.165, 1.54) is 0 Å². The first-order valence-electron chi connectivity index (χ1n) is 5.88. The molecule has 0 radical (unpaired) electrons. The smallest absolute Gasteiger partial charge is 0.151 e. The standard InChI is InChI=1S/C12H16BrNO3S/c13-11-3-1-2-4-12(11)17-7-6-14-10-5-8-18(15,16)9-10/h1-4,10,14H,5-9H2. The van der Waals surface area contributed by atoms with E-state index in [1.54, 1.807) is 0 Å². The number of hydrogen-bond donors (Lipinski definition) is 1. The van der Waals surface area contributed by atoms with E-state index < -0.39 is 9.84 Å². The van der Waals surface area contributed by atoms with E-state index >= 15 is 0 Å². The molecule has 1 aromatic rings. The summed E-state index contributed by atoms with van der Waals surface area (Å²) in [5.74, 6) is 1.36. The summed E-state index contributed by atoms with van der Waals surface area (Å²) >= 11 is 3.40. The highest BCUT2D eigenvalue weighted by molar-refractivity contribution is 9.10. The van der Waals surface area contributed by atoms with Gasteiger partial charge in [0.1, 0.15) is 12.4 Å². The number of para-hydroxylation sites is 1. The molecule has 0 amide bonds. The molecular weight excluding hydrogens is 318 g/mol. The van der Waals surface area contributed by atoms with Gasteiger partial charge in [0.05, 0.1) is 16.0 Å². The first-order valence-corrected chi connectivity index (χ1v) is 8.49. The average molecular weight is 334 g/mol. The van der Waals surface area contributed by atoms with Gasteiger partial charge in [-0.05, 0) is 34.5 Å². The van der Waals surface area contributed by atoms with Gasteiger partial charge in [0.2, 0.25) is 0 Å². The van der Waals surface area contributed by atoms with E-state index in [9.17, 15) is 8.42 Å². The van der Waals surface area contributed by atoms with Gasteiger partial charge in [-0.15, -0.1) is 0 Å². The highest BCUT2D eigenvalue weighted by atomic mass is 79.9. The Morgan fingerprint density at radius 2 is 2.17 bits per heavy atom. The van der Waals surface area contributed by atoms with Crippen molar-refractivity contribution >= 4 is 25.8 Å². The lowest BCUT2D eigenvalue weighted by molar-refractivity contribution is 0.306. The molecule has 100 valence electrons. The third kappa shape index (κ3) is 3.96. The molecule has 0 saturated carbocycles. The van der Waals surface area contributed by atoms with Crippen molar-refractivity contribution in [1.82, 2.24) is 5.32 Å². The zero-order chi connectivity index (χ0) is 13.0. The highest BCUT2D eigenvalue weighted by Gasteiger charge is 2.26. The molecule has 1 atom stereocenters. The molecule has 0 aromatic heterocycles. The number of ether oxygens (including phenoxy) is 1. The maximum absolute atomic E-state index is 11.3. The Morgan fingerprint density at radius 1 is 1.39 bits per heavy atom. The zero-order valence-corrected chi connectivity index (χ0v) is 12.3. The van der Waals surface area contributed by atoms with Crippen LogP contribution in [0.2, 0.25) is 0 Å². The van der Waals surface area contributed by atoms with Crippen LogP contribution < -0.4 is 10.1 Å². The van der Waals surface area contributed by atoms with Gasteiger partial charge in [-0.3, -0.25) is 0 Å². The summed E-state index contributed by atoms with van der Waals surface area (Å²) in [6.07, 6.45) is 0.706. The summed E-state index contributed by atoms with van der Waals surface area (Å²) in [5, 5.41) is 3.21. The van der Waals surface area contributed by atoms with Crippen molar-refractivity contribution in [3.05, 3.63) is 28.7 Å². The van der Waals surface area contributed by atoms with Crippen molar-refractivity contribution in [2.45, 2.75) is 12.5 Å². The normalized spacial score (nSPS) is 21.9. The van der Waals surface area contributed by atoms with Crippen LogP contribution in [0.4, 0.5) is 0 Å². The van der Waals surface area contributed by atoms with Crippen molar-refractivity contribution in [2.75, 3.05) is 24.7 Å². The van der Waals surface area contributed by atoms with Crippen LogP contribution in [0, 0.1) is 0 Å². The van der Waals surface area contributed by atoms with Crippen LogP contribution in [-0.4, -0.2) is 39.1 Å². The van der Waals surface area contributed by atoms with Crippen LogP contribution in [0.3, 0.4) is 0 Å². The fourth-order valence-corrected chi connectivity index (χ4v) is 4.05. The maximum Gasteiger partial charge on any atom is 0.151 e. The maximum atomic E-state index is 11.3. The lowest BCUT2D eigenvalue weighted by atomic mass is 10.3. The van der Waals surface area contributed by atoms with E-state index in [0.29, 0.717) is 25.3 Å². The lowest BCUT2D eigenvalue weighted by Crippen LogP contribution is -2.33. The summed E-state index contributed by atoms with van der Waals surface area (Å²) < 4.78 is 29.0. The van der Waals surface area contributed by atoms with Gasteiger partial charge in [-0.2, -0.15) is 0 Å². The van der Waals surface area contributed by atoms with Gasteiger partial charge < -0.3 is 10.1 Å². The van der Waals surface area contributed by atoms with Gasteiger partial charge in [-0.25, -0.2) is 8.42 Å². The summed E-state index contributed by atoms with van der Waals surface area (Å²) in [6, 6.07) is 7.74. The fraction of sp³-hybridized carbons (Fsp3) is 0.500. The quantitative estimate of drug-likeness (QED) is 0.831. The number of rotatable bonds is 5. The number of sulfone groups is 1. The van der Waals surface area contributed by atoms with Crippen molar-refractivity contribution in [2.24, 2.45) is 0 Å². The van der Waals surface area contributed by atoms with Crippen molar-refractivity contribution in [1.29, 1.82) is 0 Å².